The van der Waals surface area contributed by atoms with Gasteiger partial charge >= 0.3 is 0 Å². The number of hydrogen-bond donors (Lipinski definition) is 0. The van der Waals surface area contributed by atoms with Crippen LogP contribution in [0.5, 0.6) is 0 Å². The van der Waals surface area contributed by atoms with Crippen molar-refractivity contribution in [2.24, 2.45) is 21.7 Å². The third kappa shape index (κ3) is 5.89. The van der Waals surface area contributed by atoms with E-state index in [-0.39, 0.29) is 16.2 Å². The molecule has 0 aliphatic heterocycles. The first-order valence-electron chi connectivity index (χ1n) is 12.2. The van der Waals surface area contributed by atoms with Crippen molar-refractivity contribution in [1.82, 2.24) is 4.98 Å². The van der Waals surface area contributed by atoms with Crippen LogP contribution in [-0.2, 0) is 0 Å². The lowest BCUT2D eigenvalue weighted by atomic mass is 9.48. The first kappa shape index (κ1) is 26.3. The van der Waals surface area contributed by atoms with Crippen LogP contribution in [0, 0.1) is 21.7 Å². The van der Waals surface area contributed by atoms with Crippen LogP contribution in [0.15, 0.2) is 24.5 Å². The lowest BCUT2D eigenvalue weighted by molar-refractivity contribution is 0.0257. The van der Waals surface area contributed by atoms with E-state index in [1.54, 1.807) is 0 Å². The number of hydrogen-bond acceptors (Lipinski definition) is 1. The minimum Gasteiger partial charge on any atom is -0.265 e. The monoisotopic (exact) mass is 399 g/mol. The van der Waals surface area contributed by atoms with Gasteiger partial charge in [0.1, 0.15) is 7.85 Å². The Hall–Kier alpha value is -0.785. The smallest absolute Gasteiger partial charge is 0.106 e. The molecule has 1 nitrogen and oxygen atoms in total. The molecule has 0 saturated carbocycles. The van der Waals surface area contributed by atoms with E-state index in [9.17, 15) is 0 Å². The molecule has 1 aromatic rings. The van der Waals surface area contributed by atoms with Gasteiger partial charge in [-0.15, -0.1) is 0 Å². The van der Waals surface area contributed by atoms with Crippen LogP contribution in [0.3, 0.4) is 0 Å². The van der Waals surface area contributed by atoms with Crippen molar-refractivity contribution in [2.45, 2.75) is 119 Å². The maximum atomic E-state index is 4.29. The highest BCUT2D eigenvalue weighted by atomic mass is 14.6. The van der Waals surface area contributed by atoms with Crippen LogP contribution < -0.4 is 0 Å². The first-order chi connectivity index (χ1) is 13.3. The molecule has 0 saturated heterocycles. The van der Waals surface area contributed by atoms with Gasteiger partial charge < -0.3 is 0 Å². The molecule has 0 fully saturated rings. The summed E-state index contributed by atoms with van der Waals surface area (Å²) in [6.07, 6.45) is 11.5. The van der Waals surface area contributed by atoms with Gasteiger partial charge in [-0.1, -0.05) is 107 Å². The average molecular weight is 400 g/mol. The number of aromatic nitrogens is 1. The van der Waals surface area contributed by atoms with Crippen molar-refractivity contribution < 1.29 is 0 Å². The predicted molar refractivity (Wildman–Crippen MR) is 133 cm³/mol. The highest BCUT2D eigenvalue weighted by Gasteiger charge is 2.47. The maximum absolute atomic E-state index is 4.29. The second-order valence-corrected chi connectivity index (χ2v) is 11.6. The Bertz CT molecular complexity index is 602. The molecule has 166 valence electrons. The van der Waals surface area contributed by atoms with Gasteiger partial charge in [0, 0.05) is 12.4 Å². The minimum absolute atomic E-state index is 0.276. The molecule has 0 radical (unpaired) electrons. The number of rotatable bonds is 12. The van der Waals surface area contributed by atoms with Crippen molar-refractivity contribution in [2.75, 3.05) is 0 Å². The van der Waals surface area contributed by atoms with Crippen molar-refractivity contribution >= 4 is 7.85 Å². The molecule has 0 bridgehead atoms. The molecule has 1 rings (SSSR count). The molecule has 0 aliphatic rings. The molecule has 3 atom stereocenters. The highest BCUT2D eigenvalue weighted by Crippen LogP contribution is 2.58. The molecule has 1 heterocycles. The summed E-state index contributed by atoms with van der Waals surface area (Å²) in [5, 5.41) is 0. The summed E-state index contributed by atoms with van der Waals surface area (Å²) in [5.74, 6) is 1.25. The largest absolute Gasteiger partial charge is 0.265 e. The van der Waals surface area contributed by atoms with Gasteiger partial charge in [-0.3, -0.25) is 4.98 Å². The van der Waals surface area contributed by atoms with E-state index in [1.807, 2.05) is 12.4 Å². The van der Waals surface area contributed by atoms with Gasteiger partial charge in [0.2, 0.25) is 0 Å². The van der Waals surface area contributed by atoms with Crippen molar-refractivity contribution in [3.63, 3.8) is 0 Å². The van der Waals surface area contributed by atoms with Gasteiger partial charge in [-0.05, 0) is 51.7 Å². The van der Waals surface area contributed by atoms with Crippen LogP contribution in [0.25, 0.3) is 0 Å². The Balaban J connectivity index is 3.29. The van der Waals surface area contributed by atoms with Crippen molar-refractivity contribution in [3.05, 3.63) is 30.1 Å². The molecule has 1 aromatic heterocycles. The van der Waals surface area contributed by atoms with Gasteiger partial charge in [0.15, 0.2) is 0 Å². The lowest BCUT2D eigenvalue weighted by Crippen LogP contribution is -2.42. The summed E-state index contributed by atoms with van der Waals surface area (Å²) < 4.78 is 0. The van der Waals surface area contributed by atoms with Gasteiger partial charge in [0.05, 0.1) is 0 Å². The molecule has 0 spiro atoms. The lowest BCUT2D eigenvalue weighted by Gasteiger charge is -2.53. The maximum Gasteiger partial charge on any atom is 0.106 e. The topological polar surface area (TPSA) is 12.9 Å². The van der Waals surface area contributed by atoms with E-state index >= 15 is 0 Å². The van der Waals surface area contributed by atoms with E-state index in [0.29, 0.717) is 17.2 Å². The van der Waals surface area contributed by atoms with Crippen molar-refractivity contribution in [3.8, 4) is 0 Å². The number of pyridine rings is 1. The minimum atomic E-state index is 0.276. The molecule has 0 aliphatic carbocycles. The summed E-state index contributed by atoms with van der Waals surface area (Å²) in [6.45, 7) is 24.6. The normalized spacial score (nSPS) is 17.6. The molecule has 29 heavy (non-hydrogen) atoms. The van der Waals surface area contributed by atoms with Crippen molar-refractivity contribution in [1.29, 1.82) is 0 Å². The van der Waals surface area contributed by atoms with Gasteiger partial charge in [-0.25, -0.2) is 0 Å². The zero-order valence-electron chi connectivity index (χ0n) is 21.7. The van der Waals surface area contributed by atoms with E-state index < -0.39 is 0 Å². The quantitative estimate of drug-likeness (QED) is 0.324. The predicted octanol–water partition coefficient (Wildman–Crippen LogP) is 8.07. The second kappa shape index (κ2) is 10.0. The Kier molecular flexibility index (Phi) is 9.07. The van der Waals surface area contributed by atoms with E-state index in [4.69, 9.17) is 0 Å². The zero-order valence-corrected chi connectivity index (χ0v) is 21.7. The van der Waals surface area contributed by atoms with Crippen LogP contribution in [0.1, 0.15) is 119 Å². The Labute approximate surface area is 184 Å². The molecule has 3 unspecified atom stereocenters. The zero-order chi connectivity index (χ0) is 22.5. The molecule has 0 N–H and O–H groups in total. The fourth-order valence-electron chi connectivity index (χ4n) is 5.13. The summed E-state index contributed by atoms with van der Waals surface area (Å²) in [4.78, 5) is 4.29. The third-order valence-corrected chi connectivity index (χ3v) is 9.69. The summed E-state index contributed by atoms with van der Waals surface area (Å²) in [5.41, 5.74) is 2.76. The Morgan fingerprint density at radius 1 is 0.793 bits per heavy atom. The third-order valence-electron chi connectivity index (χ3n) is 9.69. The summed E-state index contributed by atoms with van der Waals surface area (Å²) in [6, 6.07) is 4.50. The van der Waals surface area contributed by atoms with E-state index in [1.165, 1.54) is 44.1 Å². The molecular weight excluding hydrogens is 349 g/mol. The van der Waals surface area contributed by atoms with E-state index in [0.717, 1.165) is 0 Å². The molecule has 0 aromatic carbocycles. The fraction of sp³-hybridized carbons (Fsp3) is 0.815. The van der Waals surface area contributed by atoms with Gasteiger partial charge in [-0.2, -0.15) is 0 Å². The summed E-state index contributed by atoms with van der Waals surface area (Å²) in [7, 11) is 2.52. The highest BCUT2D eigenvalue weighted by molar-refractivity contribution is 6.12. The molecule has 2 heteroatoms. The van der Waals surface area contributed by atoms with Crippen LogP contribution in [0.4, 0.5) is 0 Å². The molecular formula is C27H50BN. The fourth-order valence-corrected chi connectivity index (χ4v) is 5.13. The first-order valence-corrected chi connectivity index (χ1v) is 12.2. The Morgan fingerprint density at radius 2 is 1.31 bits per heavy atom. The Morgan fingerprint density at radius 3 is 1.72 bits per heavy atom. The van der Waals surface area contributed by atoms with E-state index in [2.05, 4.69) is 94.2 Å². The van der Waals surface area contributed by atoms with Crippen LogP contribution in [0.2, 0.25) is 5.82 Å². The van der Waals surface area contributed by atoms with Crippen LogP contribution >= 0.6 is 0 Å². The average Bonchev–Trinajstić information content (AvgIpc) is 2.71. The standard InChI is InChI=1S/C27H50BN/c1-11-24(5,6)22(21-15-17-29-18-16-21)19-27(10,14-4)25(7,8)23(28)20-26(9,12-2)13-3/h15-18,22-23H,11-14,19-20,28H2,1-10H3. The molecule has 0 amide bonds. The number of nitrogens with zero attached hydrogens (tertiary/aromatic N) is 1. The second-order valence-electron chi connectivity index (χ2n) is 11.6. The summed E-state index contributed by atoms with van der Waals surface area (Å²) >= 11 is 0. The SMILES string of the molecule is BC(CC(C)(CC)CC)C(C)(C)C(C)(CC)CC(c1ccncc1)C(C)(C)CC. The van der Waals surface area contributed by atoms with Crippen LogP contribution in [-0.4, -0.2) is 12.8 Å². The van der Waals surface area contributed by atoms with Gasteiger partial charge in [0.25, 0.3) is 0 Å².